The van der Waals surface area contributed by atoms with Crippen LogP contribution in [0.3, 0.4) is 0 Å². The van der Waals surface area contributed by atoms with Gasteiger partial charge in [0, 0.05) is 13.1 Å². The predicted molar refractivity (Wildman–Crippen MR) is 111 cm³/mol. The summed E-state index contributed by atoms with van der Waals surface area (Å²) in [4.78, 5) is 23.8. The van der Waals surface area contributed by atoms with Gasteiger partial charge in [0.15, 0.2) is 0 Å². The van der Waals surface area contributed by atoms with Crippen molar-refractivity contribution in [3.05, 3.63) is 74.5 Å². The van der Waals surface area contributed by atoms with Crippen LogP contribution < -0.4 is 10.2 Å². The van der Waals surface area contributed by atoms with Gasteiger partial charge < -0.3 is 9.84 Å². The molecule has 12 heteroatoms. The van der Waals surface area contributed by atoms with Crippen molar-refractivity contribution in [3.8, 4) is 11.5 Å². The standard InChI is InChI=1S/C21H17ClF3N3O5/c1-27-19(30)15(10-29)20(26-27,11-2-3-11)14-9-13(5-6-17(14)28(31)32)33-18-7-4-12(8-16(18)22)21(23,24)25/h4-11,26,29H,2-3H2,1H3/b15-10+. The third-order valence-corrected chi connectivity index (χ3v) is 5.99. The van der Waals surface area contributed by atoms with Gasteiger partial charge in [0.25, 0.3) is 11.6 Å². The van der Waals surface area contributed by atoms with E-state index in [2.05, 4.69) is 5.43 Å². The van der Waals surface area contributed by atoms with Gasteiger partial charge in [0.2, 0.25) is 0 Å². The van der Waals surface area contributed by atoms with Crippen molar-refractivity contribution in [2.45, 2.75) is 24.6 Å². The Bertz CT molecular complexity index is 1180. The first-order valence-electron chi connectivity index (χ1n) is 9.73. The highest BCUT2D eigenvalue weighted by molar-refractivity contribution is 6.32. The Hall–Kier alpha value is -3.31. The lowest BCUT2D eigenvalue weighted by molar-refractivity contribution is -0.386. The SMILES string of the molecule is CN1NC(c2cc(Oc3ccc(C(F)(F)F)cc3Cl)ccc2[N+](=O)[O-])(C2CC2)/C(=C/O)C1=O. The molecule has 1 aliphatic heterocycles. The molecule has 1 unspecified atom stereocenters. The maximum Gasteiger partial charge on any atom is 0.416 e. The van der Waals surface area contributed by atoms with Gasteiger partial charge in [-0.3, -0.25) is 19.9 Å². The Morgan fingerprint density at radius 1 is 1.30 bits per heavy atom. The van der Waals surface area contributed by atoms with Crippen molar-refractivity contribution in [2.75, 3.05) is 7.05 Å². The van der Waals surface area contributed by atoms with E-state index in [1.807, 2.05) is 0 Å². The number of likely N-dealkylation sites (N-methyl/N-ethyl adjacent to an activating group) is 1. The normalized spacial score (nSPS) is 22.2. The van der Waals surface area contributed by atoms with Crippen LogP contribution in [0, 0.1) is 16.0 Å². The van der Waals surface area contributed by atoms with Crippen molar-refractivity contribution >= 4 is 23.2 Å². The molecular weight excluding hydrogens is 467 g/mol. The first-order valence-corrected chi connectivity index (χ1v) is 10.1. The van der Waals surface area contributed by atoms with Crippen molar-refractivity contribution < 1.29 is 32.7 Å². The van der Waals surface area contributed by atoms with Gasteiger partial charge in [-0.25, -0.2) is 5.43 Å². The van der Waals surface area contributed by atoms with E-state index >= 15 is 0 Å². The van der Waals surface area contributed by atoms with Crippen LogP contribution in [0.2, 0.25) is 5.02 Å². The van der Waals surface area contributed by atoms with Crippen molar-refractivity contribution in [1.29, 1.82) is 0 Å². The van der Waals surface area contributed by atoms with E-state index < -0.39 is 28.1 Å². The number of hydrogen-bond acceptors (Lipinski definition) is 6. The fourth-order valence-corrected chi connectivity index (χ4v) is 4.29. The molecule has 1 heterocycles. The quantitative estimate of drug-likeness (QED) is 0.266. The Morgan fingerprint density at radius 3 is 2.55 bits per heavy atom. The summed E-state index contributed by atoms with van der Waals surface area (Å²) in [6, 6.07) is 6.34. The average Bonchev–Trinajstić information content (AvgIpc) is 3.56. The number of nitro benzene ring substituents is 1. The number of aliphatic hydroxyl groups excluding tert-OH is 1. The number of hydrazine groups is 1. The minimum Gasteiger partial charge on any atom is -0.515 e. The van der Waals surface area contributed by atoms with Crippen molar-refractivity contribution in [2.24, 2.45) is 5.92 Å². The van der Waals surface area contributed by atoms with E-state index in [1.165, 1.54) is 25.2 Å². The summed E-state index contributed by atoms with van der Waals surface area (Å²) in [5.41, 5.74) is 0.347. The Balaban J connectivity index is 1.81. The number of aliphatic hydroxyl groups is 1. The van der Waals surface area contributed by atoms with Gasteiger partial charge in [0.1, 0.15) is 17.0 Å². The number of nitrogens with zero attached hydrogens (tertiary/aromatic N) is 2. The van der Waals surface area contributed by atoms with Crippen LogP contribution in [0.4, 0.5) is 18.9 Å². The molecule has 0 aromatic heterocycles. The van der Waals surface area contributed by atoms with E-state index in [0.29, 0.717) is 25.2 Å². The van der Waals surface area contributed by atoms with E-state index in [0.717, 1.165) is 17.1 Å². The number of amides is 1. The van der Waals surface area contributed by atoms with Crippen LogP contribution in [-0.4, -0.2) is 28.0 Å². The molecule has 1 atom stereocenters. The highest BCUT2D eigenvalue weighted by Gasteiger charge is 2.59. The molecular formula is C21H17ClF3N3O5. The lowest BCUT2D eigenvalue weighted by Crippen LogP contribution is -2.45. The highest BCUT2D eigenvalue weighted by atomic mass is 35.5. The number of carbonyl (C=O) groups is 1. The molecule has 0 spiro atoms. The van der Waals surface area contributed by atoms with Gasteiger partial charge in [0.05, 0.1) is 32.9 Å². The number of rotatable bonds is 5. The zero-order chi connectivity index (χ0) is 24.1. The molecule has 0 bridgehead atoms. The number of halogens is 4. The largest absolute Gasteiger partial charge is 0.515 e. The molecule has 0 radical (unpaired) electrons. The highest BCUT2D eigenvalue weighted by Crippen LogP contribution is 2.55. The zero-order valence-corrected chi connectivity index (χ0v) is 17.8. The maximum atomic E-state index is 12.9. The smallest absolute Gasteiger partial charge is 0.416 e. The lowest BCUT2D eigenvalue weighted by atomic mass is 9.79. The molecule has 2 aromatic rings. The molecule has 2 aromatic carbocycles. The zero-order valence-electron chi connectivity index (χ0n) is 17.0. The minimum atomic E-state index is -4.58. The second kappa shape index (κ2) is 7.92. The van der Waals surface area contributed by atoms with E-state index in [9.17, 15) is 33.2 Å². The second-order valence-corrected chi connectivity index (χ2v) is 8.19. The first-order chi connectivity index (χ1) is 15.5. The van der Waals surface area contributed by atoms with Gasteiger partial charge in [-0.05, 0) is 49.1 Å². The Kier molecular flexibility index (Phi) is 5.49. The Labute approximate surface area is 190 Å². The minimum absolute atomic E-state index is 0.0541. The molecule has 1 aliphatic carbocycles. The fraction of sp³-hybridized carbons (Fsp3) is 0.286. The van der Waals surface area contributed by atoms with E-state index in [1.54, 1.807) is 0 Å². The summed E-state index contributed by atoms with van der Waals surface area (Å²) in [7, 11) is 1.43. The van der Waals surface area contributed by atoms with E-state index in [4.69, 9.17) is 16.3 Å². The van der Waals surface area contributed by atoms with Crippen molar-refractivity contribution in [1.82, 2.24) is 10.4 Å². The van der Waals surface area contributed by atoms with Crippen LogP contribution in [0.15, 0.2) is 48.2 Å². The molecule has 1 amide bonds. The molecule has 174 valence electrons. The van der Waals surface area contributed by atoms with Crippen LogP contribution in [0.1, 0.15) is 24.0 Å². The third kappa shape index (κ3) is 3.87. The van der Waals surface area contributed by atoms with Crippen LogP contribution in [0.25, 0.3) is 0 Å². The Morgan fingerprint density at radius 2 is 2.00 bits per heavy atom. The number of carbonyl (C=O) groups excluding carboxylic acids is 1. The number of ether oxygens (including phenoxy) is 1. The summed E-state index contributed by atoms with van der Waals surface area (Å²) in [6.45, 7) is 0. The summed E-state index contributed by atoms with van der Waals surface area (Å²) in [5.74, 6) is -0.793. The summed E-state index contributed by atoms with van der Waals surface area (Å²) < 4.78 is 44.4. The topological polar surface area (TPSA) is 105 Å². The molecule has 1 saturated heterocycles. The average molecular weight is 484 g/mol. The van der Waals surface area contributed by atoms with Gasteiger partial charge >= 0.3 is 6.18 Å². The number of alkyl halides is 3. The predicted octanol–water partition coefficient (Wildman–Crippen LogP) is 5.08. The van der Waals surface area contributed by atoms with Gasteiger partial charge in [-0.2, -0.15) is 13.2 Å². The number of nitrogens with one attached hydrogen (secondary N) is 1. The lowest BCUT2D eigenvalue weighted by Gasteiger charge is -2.30. The fourth-order valence-electron chi connectivity index (χ4n) is 4.08. The van der Waals surface area contributed by atoms with Crippen LogP contribution in [0.5, 0.6) is 11.5 Å². The molecule has 33 heavy (non-hydrogen) atoms. The van der Waals surface area contributed by atoms with E-state index in [-0.39, 0.29) is 39.3 Å². The monoisotopic (exact) mass is 483 g/mol. The molecule has 2 fully saturated rings. The molecule has 2 N–H and O–H groups in total. The molecule has 1 saturated carbocycles. The third-order valence-electron chi connectivity index (χ3n) is 5.70. The molecule has 2 aliphatic rings. The summed E-state index contributed by atoms with van der Waals surface area (Å²) in [5, 5.41) is 22.5. The van der Waals surface area contributed by atoms with Crippen molar-refractivity contribution in [3.63, 3.8) is 0 Å². The van der Waals surface area contributed by atoms with Gasteiger partial charge in [-0.1, -0.05) is 11.6 Å². The first kappa shape index (κ1) is 22.9. The number of benzene rings is 2. The van der Waals surface area contributed by atoms with Crippen LogP contribution >= 0.6 is 11.6 Å². The molecule has 8 nitrogen and oxygen atoms in total. The number of nitro groups is 1. The molecule has 4 rings (SSSR count). The summed E-state index contributed by atoms with van der Waals surface area (Å²) in [6.07, 6.45) is -2.64. The van der Waals surface area contributed by atoms with Gasteiger partial charge in [-0.15, -0.1) is 0 Å². The maximum absolute atomic E-state index is 12.9. The number of hydrogen-bond donors (Lipinski definition) is 2. The second-order valence-electron chi connectivity index (χ2n) is 7.78. The summed E-state index contributed by atoms with van der Waals surface area (Å²) >= 11 is 5.97. The van der Waals surface area contributed by atoms with Crippen LogP contribution in [-0.2, 0) is 16.5 Å².